The van der Waals surface area contributed by atoms with Crippen LogP contribution in [0.3, 0.4) is 0 Å². The number of esters is 1. The molecule has 0 radical (unpaired) electrons. The van der Waals surface area contributed by atoms with E-state index in [4.69, 9.17) is 19.8 Å². The number of benzene rings is 2. The van der Waals surface area contributed by atoms with Crippen LogP contribution in [-0.2, 0) is 20.8 Å². The molecule has 7 rings (SSSR count). The molecule has 3 aliphatic heterocycles. The Kier molecular flexibility index (Phi) is 9.11. The van der Waals surface area contributed by atoms with Crippen LogP contribution in [0.25, 0.3) is 22.4 Å². The first kappa shape index (κ1) is 32.8. The van der Waals surface area contributed by atoms with Gasteiger partial charge in [-0.3, -0.25) is 9.80 Å². The lowest BCUT2D eigenvalue weighted by Gasteiger charge is -2.33. The lowest BCUT2D eigenvalue weighted by molar-refractivity contribution is -0.199. The minimum absolute atomic E-state index is 0.132. The molecule has 3 aliphatic rings. The number of ether oxygens (including phenoxy) is 2. The van der Waals surface area contributed by atoms with Crippen LogP contribution in [0.1, 0.15) is 37.3 Å². The van der Waals surface area contributed by atoms with Gasteiger partial charge in [0.2, 0.25) is 0 Å². The van der Waals surface area contributed by atoms with Gasteiger partial charge in [0.15, 0.2) is 11.5 Å². The molecule has 1 amide bonds. The summed E-state index contributed by atoms with van der Waals surface area (Å²) in [5.74, 6) is -1.16. The average molecular weight is 680 g/mol. The van der Waals surface area contributed by atoms with E-state index in [9.17, 15) is 27.9 Å². The highest BCUT2D eigenvalue weighted by Gasteiger charge is 2.41. The molecule has 2 atom stereocenters. The van der Waals surface area contributed by atoms with Gasteiger partial charge >= 0.3 is 18.2 Å². The van der Waals surface area contributed by atoms with Gasteiger partial charge in [0.1, 0.15) is 12.4 Å². The number of piperidine rings is 1. The first-order chi connectivity index (χ1) is 23.6. The second-order valence-electron chi connectivity index (χ2n) is 12.7. The van der Waals surface area contributed by atoms with E-state index in [2.05, 4.69) is 38.8 Å². The molecule has 2 bridgehead atoms. The number of fused-ring (bicyclic) bond motifs is 3. The number of halogens is 3. The number of likely N-dealkylation sites (tertiary alicyclic amines) is 1. The number of carbonyl (C=O) groups is 2. The molecule has 0 aliphatic carbocycles. The van der Waals surface area contributed by atoms with E-state index in [1.54, 1.807) is 12.1 Å². The predicted molar refractivity (Wildman–Crippen MR) is 173 cm³/mol. The highest BCUT2D eigenvalue weighted by atomic mass is 19.4. The molecule has 2 aromatic carbocycles. The Morgan fingerprint density at radius 1 is 0.959 bits per heavy atom. The Labute approximate surface area is 280 Å². The van der Waals surface area contributed by atoms with Crippen LogP contribution in [0.5, 0.6) is 0 Å². The molecule has 2 aromatic heterocycles. The first-order valence-corrected chi connectivity index (χ1v) is 16.4. The van der Waals surface area contributed by atoms with Crippen LogP contribution in [0, 0.1) is 0 Å². The number of anilines is 2. The molecule has 4 aromatic rings. The topological polar surface area (TPSA) is 126 Å². The minimum Gasteiger partial charge on any atom is -0.465 e. The van der Waals surface area contributed by atoms with E-state index in [0.29, 0.717) is 24.5 Å². The van der Waals surface area contributed by atoms with Crippen molar-refractivity contribution in [3.8, 4) is 11.4 Å². The molecular formula is C34H36F3N7O5. The van der Waals surface area contributed by atoms with Crippen molar-refractivity contribution in [1.82, 2.24) is 24.6 Å². The number of amides is 1. The van der Waals surface area contributed by atoms with Crippen LogP contribution in [0.2, 0.25) is 0 Å². The molecule has 258 valence electrons. The molecule has 3 fully saturated rings. The van der Waals surface area contributed by atoms with Crippen molar-refractivity contribution in [2.45, 2.75) is 56.7 Å². The fraction of sp³-hybridized carbons (Fsp3) is 0.441. The van der Waals surface area contributed by atoms with Gasteiger partial charge in [0, 0.05) is 44.0 Å². The quantitative estimate of drug-likeness (QED) is 0.233. The van der Waals surface area contributed by atoms with Crippen LogP contribution in [0.4, 0.5) is 29.5 Å². The van der Waals surface area contributed by atoms with Crippen LogP contribution < -0.4 is 9.80 Å². The maximum absolute atomic E-state index is 12.5. The molecule has 12 nitrogen and oxygen atoms in total. The highest BCUT2D eigenvalue weighted by molar-refractivity contribution is 5.90. The number of carboxylic acid groups (broad SMARTS) is 1. The second-order valence-corrected chi connectivity index (χ2v) is 12.7. The van der Waals surface area contributed by atoms with Gasteiger partial charge in [-0.05, 0) is 55.5 Å². The molecule has 1 N–H and O–H groups in total. The summed E-state index contributed by atoms with van der Waals surface area (Å²) in [7, 11) is 0. The number of hydrogen-bond acceptors (Lipinski definition) is 9. The first-order valence-electron chi connectivity index (χ1n) is 16.4. The Morgan fingerprint density at radius 2 is 1.65 bits per heavy atom. The SMILES string of the molecule is O=C(O)N(CCOC(=O)C(F)(F)F)c1ccc(-c2nc(N3CC4CCC(C3)O4)c3cnn(C4CCN(Cc5ccccc5)CC4)c3n2)cc1. The van der Waals surface area contributed by atoms with E-state index < -0.39 is 31.4 Å². The molecule has 0 saturated carbocycles. The van der Waals surface area contributed by atoms with Gasteiger partial charge in [-0.25, -0.2) is 24.2 Å². The molecule has 0 spiro atoms. The molecule has 15 heteroatoms. The van der Waals surface area contributed by atoms with Crippen molar-refractivity contribution in [1.29, 1.82) is 0 Å². The van der Waals surface area contributed by atoms with Gasteiger partial charge in [0.05, 0.1) is 36.4 Å². The number of alkyl halides is 3. The summed E-state index contributed by atoms with van der Waals surface area (Å²) < 4.78 is 49.9. The van der Waals surface area contributed by atoms with Gasteiger partial charge in [-0.15, -0.1) is 0 Å². The van der Waals surface area contributed by atoms with Crippen molar-refractivity contribution in [3.63, 3.8) is 0 Å². The summed E-state index contributed by atoms with van der Waals surface area (Å²) in [5.41, 5.74) is 2.83. The number of morpholine rings is 1. The van der Waals surface area contributed by atoms with E-state index in [0.717, 1.165) is 67.1 Å². The van der Waals surface area contributed by atoms with E-state index in [1.165, 1.54) is 17.7 Å². The molecule has 3 saturated heterocycles. The number of hydrogen-bond donors (Lipinski definition) is 1. The Balaban J connectivity index is 1.15. The maximum Gasteiger partial charge on any atom is 0.490 e. The monoisotopic (exact) mass is 679 g/mol. The second kappa shape index (κ2) is 13.6. The third kappa shape index (κ3) is 7.17. The summed E-state index contributed by atoms with van der Waals surface area (Å²) in [5, 5.41) is 15.4. The van der Waals surface area contributed by atoms with E-state index >= 15 is 0 Å². The number of nitrogens with zero attached hydrogens (tertiary/aromatic N) is 7. The van der Waals surface area contributed by atoms with Crippen molar-refractivity contribution in [2.75, 3.05) is 49.1 Å². The van der Waals surface area contributed by atoms with Crippen molar-refractivity contribution in [3.05, 3.63) is 66.4 Å². The highest BCUT2D eigenvalue weighted by Crippen LogP contribution is 2.36. The zero-order valence-electron chi connectivity index (χ0n) is 26.6. The Hall–Kier alpha value is -4.76. The number of carbonyl (C=O) groups excluding carboxylic acids is 1. The third-order valence-electron chi connectivity index (χ3n) is 9.38. The van der Waals surface area contributed by atoms with Gasteiger partial charge in [0.25, 0.3) is 0 Å². The van der Waals surface area contributed by atoms with Crippen LogP contribution >= 0.6 is 0 Å². The number of aromatic nitrogens is 4. The Bertz CT molecular complexity index is 1780. The van der Waals surface area contributed by atoms with Gasteiger partial charge in [-0.1, -0.05) is 30.3 Å². The summed E-state index contributed by atoms with van der Waals surface area (Å²) in [6.45, 7) is 2.92. The summed E-state index contributed by atoms with van der Waals surface area (Å²) in [6, 6.07) is 17.0. The van der Waals surface area contributed by atoms with Crippen LogP contribution in [-0.4, -0.2) is 99.5 Å². The fourth-order valence-electron chi connectivity index (χ4n) is 6.94. The molecular weight excluding hydrogens is 643 g/mol. The summed E-state index contributed by atoms with van der Waals surface area (Å²) in [4.78, 5) is 38.5. The third-order valence-corrected chi connectivity index (χ3v) is 9.38. The zero-order chi connectivity index (χ0) is 34.1. The van der Waals surface area contributed by atoms with Crippen molar-refractivity contribution < 1.29 is 37.3 Å². The van der Waals surface area contributed by atoms with E-state index in [-0.39, 0.29) is 23.9 Å². The summed E-state index contributed by atoms with van der Waals surface area (Å²) >= 11 is 0. The van der Waals surface area contributed by atoms with Gasteiger partial charge in [-0.2, -0.15) is 18.3 Å². The Morgan fingerprint density at radius 3 is 2.31 bits per heavy atom. The average Bonchev–Trinajstić information content (AvgIpc) is 3.68. The normalized spacial score (nSPS) is 20.1. The largest absolute Gasteiger partial charge is 0.490 e. The van der Waals surface area contributed by atoms with Crippen molar-refractivity contribution >= 4 is 34.6 Å². The maximum atomic E-state index is 12.5. The standard InChI is InChI=1S/C34H36F3N7O5/c35-34(36,37)32(45)48-17-16-43(33(46)47)24-8-6-23(7-9-24)29-39-30(42-20-26-10-11-27(21-42)49-26)28-18-38-44(31(28)40-29)25-12-14-41(15-13-25)19-22-4-2-1-3-5-22/h1-9,18,25-27H,10-17,19-21H2,(H,46,47). The van der Waals surface area contributed by atoms with Crippen LogP contribution in [0.15, 0.2) is 60.8 Å². The van der Waals surface area contributed by atoms with Gasteiger partial charge < -0.3 is 19.5 Å². The van der Waals surface area contributed by atoms with E-state index in [1.807, 2.05) is 16.9 Å². The molecule has 2 unspecified atom stereocenters. The lowest BCUT2D eigenvalue weighted by Crippen LogP contribution is -2.43. The molecule has 49 heavy (non-hydrogen) atoms. The van der Waals surface area contributed by atoms with Crippen molar-refractivity contribution in [2.24, 2.45) is 0 Å². The predicted octanol–water partition coefficient (Wildman–Crippen LogP) is 5.29. The molecule has 5 heterocycles. The number of rotatable bonds is 9. The fourth-order valence-corrected chi connectivity index (χ4v) is 6.94. The smallest absolute Gasteiger partial charge is 0.465 e. The lowest BCUT2D eigenvalue weighted by atomic mass is 10.0. The zero-order valence-corrected chi connectivity index (χ0v) is 26.6. The summed E-state index contributed by atoms with van der Waals surface area (Å²) in [6.07, 6.45) is -0.624. The minimum atomic E-state index is -5.16.